The molecule has 6 heteroatoms. The lowest BCUT2D eigenvalue weighted by atomic mass is 10.2. The predicted molar refractivity (Wildman–Crippen MR) is 79.3 cm³/mol. The molecule has 0 aliphatic heterocycles. The summed E-state index contributed by atoms with van der Waals surface area (Å²) in [7, 11) is 0. The van der Waals surface area contributed by atoms with Crippen LogP contribution in [0.1, 0.15) is 23.9 Å². The Morgan fingerprint density at radius 3 is 2.53 bits per heavy atom. The summed E-state index contributed by atoms with van der Waals surface area (Å²) in [5, 5.41) is 8.52. The smallest absolute Gasteiger partial charge is 0.191 e. The van der Waals surface area contributed by atoms with Crippen molar-refractivity contribution < 1.29 is 0 Å². The van der Waals surface area contributed by atoms with Gasteiger partial charge in [-0.25, -0.2) is 14.6 Å². The fraction of sp³-hybridized carbons (Fsp3) is 0.462. The van der Waals surface area contributed by atoms with E-state index < -0.39 is 0 Å². The van der Waals surface area contributed by atoms with Crippen LogP contribution in [0.3, 0.4) is 0 Å². The number of anilines is 1. The number of aromatic nitrogens is 4. The summed E-state index contributed by atoms with van der Waals surface area (Å²) < 4.78 is 1.88. The topological polar surface area (TPSA) is 55.6 Å². The summed E-state index contributed by atoms with van der Waals surface area (Å²) >= 11 is 1.53. The molecule has 0 fully saturated rings. The number of rotatable bonds is 4. The fourth-order valence-electron chi connectivity index (χ4n) is 1.83. The third-order valence-electron chi connectivity index (χ3n) is 3.10. The first kappa shape index (κ1) is 13.9. The Balaban J connectivity index is 2.54. The van der Waals surface area contributed by atoms with Crippen molar-refractivity contribution in [2.24, 2.45) is 0 Å². The van der Waals surface area contributed by atoms with Gasteiger partial charge < -0.3 is 5.32 Å². The second-order valence-electron chi connectivity index (χ2n) is 4.34. The molecule has 0 spiro atoms. The quantitative estimate of drug-likeness (QED) is 0.688. The Kier molecular flexibility index (Phi) is 4.09. The van der Waals surface area contributed by atoms with E-state index in [2.05, 4.69) is 34.2 Å². The van der Waals surface area contributed by atoms with Crippen LogP contribution in [0.2, 0.25) is 0 Å². The average molecular weight is 277 g/mol. The van der Waals surface area contributed by atoms with Crippen LogP contribution < -0.4 is 5.32 Å². The Morgan fingerprint density at radius 2 is 2.00 bits per heavy atom. The molecule has 102 valence electrons. The van der Waals surface area contributed by atoms with Crippen molar-refractivity contribution >= 4 is 17.6 Å². The van der Waals surface area contributed by atoms with E-state index in [4.69, 9.17) is 0 Å². The van der Waals surface area contributed by atoms with Crippen molar-refractivity contribution in [2.45, 2.75) is 32.9 Å². The number of nitrogens with one attached hydrogen (secondary N) is 1. The maximum atomic E-state index is 4.55. The van der Waals surface area contributed by atoms with Crippen molar-refractivity contribution in [1.82, 2.24) is 19.7 Å². The summed E-state index contributed by atoms with van der Waals surface area (Å²) in [6.07, 6.45) is 1.97. The van der Waals surface area contributed by atoms with Crippen LogP contribution in [0, 0.1) is 20.8 Å². The molecule has 0 unspecified atom stereocenters. The van der Waals surface area contributed by atoms with Gasteiger partial charge in [0.05, 0.1) is 5.69 Å². The summed E-state index contributed by atoms with van der Waals surface area (Å²) in [4.78, 5) is 8.96. The summed E-state index contributed by atoms with van der Waals surface area (Å²) in [6.45, 7) is 9.04. The number of thioether (sulfide) groups is 1. The molecule has 2 aromatic heterocycles. The highest BCUT2D eigenvalue weighted by molar-refractivity contribution is 7.98. The Labute approximate surface area is 117 Å². The van der Waals surface area contributed by atoms with Gasteiger partial charge in [-0.3, -0.25) is 0 Å². The lowest BCUT2D eigenvalue weighted by molar-refractivity contribution is 0.777. The Bertz CT molecular complexity index is 591. The minimum atomic E-state index is 0.749. The van der Waals surface area contributed by atoms with Crippen LogP contribution >= 0.6 is 11.8 Å². The molecule has 2 rings (SSSR count). The minimum Gasteiger partial charge on any atom is -0.370 e. The molecule has 0 aliphatic rings. The van der Waals surface area contributed by atoms with Crippen LogP contribution in [-0.4, -0.2) is 32.5 Å². The van der Waals surface area contributed by atoms with Gasteiger partial charge in [-0.05, 0) is 39.5 Å². The third kappa shape index (κ3) is 2.73. The SMILES string of the molecule is CCNc1cc(-n2nc(C)c(C)c2C)nc(SC)n1. The first-order chi connectivity index (χ1) is 9.06. The molecular formula is C13H19N5S. The van der Waals surface area contributed by atoms with E-state index >= 15 is 0 Å². The largest absolute Gasteiger partial charge is 0.370 e. The molecule has 0 amide bonds. The zero-order valence-electron chi connectivity index (χ0n) is 12.0. The molecule has 0 bridgehead atoms. The highest BCUT2D eigenvalue weighted by atomic mass is 32.2. The van der Waals surface area contributed by atoms with Crippen molar-refractivity contribution in [3.63, 3.8) is 0 Å². The van der Waals surface area contributed by atoms with E-state index in [0.717, 1.165) is 34.7 Å². The molecule has 19 heavy (non-hydrogen) atoms. The van der Waals surface area contributed by atoms with Gasteiger partial charge in [-0.1, -0.05) is 11.8 Å². The van der Waals surface area contributed by atoms with Crippen LogP contribution in [0.25, 0.3) is 5.82 Å². The summed E-state index contributed by atoms with van der Waals surface area (Å²) in [6, 6.07) is 1.93. The lowest BCUT2D eigenvalue weighted by Gasteiger charge is -2.09. The second-order valence-corrected chi connectivity index (χ2v) is 5.11. The molecule has 1 N–H and O–H groups in total. The van der Waals surface area contributed by atoms with E-state index in [1.807, 2.05) is 30.9 Å². The molecule has 2 aromatic rings. The molecule has 0 radical (unpaired) electrons. The maximum Gasteiger partial charge on any atom is 0.191 e. The molecule has 0 atom stereocenters. The average Bonchev–Trinajstić information content (AvgIpc) is 2.66. The fourth-order valence-corrected chi connectivity index (χ4v) is 2.20. The third-order valence-corrected chi connectivity index (χ3v) is 3.65. The van der Waals surface area contributed by atoms with Gasteiger partial charge in [0, 0.05) is 18.3 Å². The van der Waals surface area contributed by atoms with Gasteiger partial charge in [0.15, 0.2) is 11.0 Å². The maximum absolute atomic E-state index is 4.55. The van der Waals surface area contributed by atoms with Crippen molar-refractivity contribution in [2.75, 3.05) is 18.1 Å². The Morgan fingerprint density at radius 1 is 1.26 bits per heavy atom. The normalized spacial score (nSPS) is 10.8. The van der Waals surface area contributed by atoms with Crippen LogP contribution in [0.5, 0.6) is 0 Å². The molecule has 5 nitrogen and oxygen atoms in total. The molecular weight excluding hydrogens is 258 g/mol. The first-order valence-electron chi connectivity index (χ1n) is 6.27. The number of aryl methyl sites for hydroxylation is 1. The van der Waals surface area contributed by atoms with Gasteiger partial charge >= 0.3 is 0 Å². The number of hydrogen-bond acceptors (Lipinski definition) is 5. The lowest BCUT2D eigenvalue weighted by Crippen LogP contribution is -2.07. The van der Waals surface area contributed by atoms with Crippen molar-refractivity contribution in [1.29, 1.82) is 0 Å². The van der Waals surface area contributed by atoms with Gasteiger partial charge in [0.25, 0.3) is 0 Å². The molecule has 2 heterocycles. The van der Waals surface area contributed by atoms with Crippen LogP contribution in [0.15, 0.2) is 11.2 Å². The van der Waals surface area contributed by atoms with Crippen LogP contribution in [-0.2, 0) is 0 Å². The number of nitrogens with zero attached hydrogens (tertiary/aromatic N) is 4. The first-order valence-corrected chi connectivity index (χ1v) is 7.49. The predicted octanol–water partition coefficient (Wildman–Crippen LogP) is 2.74. The van der Waals surface area contributed by atoms with Crippen LogP contribution in [0.4, 0.5) is 5.82 Å². The van der Waals surface area contributed by atoms with E-state index in [-0.39, 0.29) is 0 Å². The molecule has 0 aliphatic carbocycles. The second kappa shape index (κ2) is 5.61. The monoisotopic (exact) mass is 277 g/mol. The molecule has 0 saturated heterocycles. The molecule has 0 saturated carbocycles. The standard InChI is InChI=1S/C13H19N5S/c1-6-14-11-7-12(16-13(15-11)19-5)18-10(4)8(2)9(3)17-18/h7H,6H2,1-5H3,(H,14,15,16). The minimum absolute atomic E-state index is 0.749. The highest BCUT2D eigenvalue weighted by Crippen LogP contribution is 2.20. The van der Waals surface area contributed by atoms with Gasteiger partial charge in [-0.15, -0.1) is 0 Å². The molecule has 0 aromatic carbocycles. The highest BCUT2D eigenvalue weighted by Gasteiger charge is 2.12. The van der Waals surface area contributed by atoms with E-state index in [1.165, 1.54) is 17.3 Å². The van der Waals surface area contributed by atoms with E-state index in [9.17, 15) is 0 Å². The zero-order valence-corrected chi connectivity index (χ0v) is 12.8. The Hall–Kier alpha value is -1.56. The number of hydrogen-bond donors (Lipinski definition) is 1. The van der Waals surface area contributed by atoms with Crippen molar-refractivity contribution in [3.8, 4) is 5.82 Å². The van der Waals surface area contributed by atoms with E-state index in [0.29, 0.717) is 0 Å². The van der Waals surface area contributed by atoms with Gasteiger partial charge in [0.2, 0.25) is 0 Å². The summed E-state index contributed by atoms with van der Waals surface area (Å²) in [5.74, 6) is 1.64. The van der Waals surface area contributed by atoms with E-state index in [1.54, 1.807) is 0 Å². The zero-order chi connectivity index (χ0) is 14.0. The van der Waals surface area contributed by atoms with Gasteiger partial charge in [0.1, 0.15) is 5.82 Å². The van der Waals surface area contributed by atoms with Crippen molar-refractivity contribution in [3.05, 3.63) is 23.0 Å². The van der Waals surface area contributed by atoms with Gasteiger partial charge in [-0.2, -0.15) is 5.10 Å². The summed E-state index contributed by atoms with van der Waals surface area (Å²) in [5.41, 5.74) is 3.35.